The van der Waals surface area contributed by atoms with Crippen LogP contribution in [0.25, 0.3) is 22.6 Å². The number of pyridine rings is 1. The minimum Gasteiger partial charge on any atom is -0.365 e. The molecule has 1 N–H and O–H groups in total. The Morgan fingerprint density at radius 3 is 2.86 bits per heavy atom. The molecule has 0 atom stereocenters. The number of hydrogen-bond acceptors (Lipinski definition) is 5. The minimum absolute atomic E-state index is 0.502. The molecule has 0 unspecified atom stereocenters. The lowest BCUT2D eigenvalue weighted by molar-refractivity contribution is 0.751. The quantitative estimate of drug-likeness (QED) is 0.804. The molecule has 1 saturated carbocycles. The van der Waals surface area contributed by atoms with Gasteiger partial charge >= 0.3 is 0 Å². The van der Waals surface area contributed by atoms with Gasteiger partial charge in [0, 0.05) is 31.0 Å². The Morgan fingerprint density at radius 2 is 2.09 bits per heavy atom. The Bertz CT molecular complexity index is 789. The molecule has 3 aromatic rings. The van der Waals surface area contributed by atoms with Crippen LogP contribution in [0.4, 0.5) is 5.82 Å². The van der Waals surface area contributed by atoms with Crippen LogP contribution in [-0.2, 0) is 7.05 Å². The molecule has 1 fully saturated rings. The summed E-state index contributed by atoms with van der Waals surface area (Å²) in [5.41, 5.74) is 2.65. The molecule has 0 aliphatic heterocycles. The number of aryl methyl sites for hydroxylation is 1. The van der Waals surface area contributed by atoms with Crippen LogP contribution in [-0.4, -0.2) is 30.5 Å². The normalized spacial score (nSPS) is 15.5. The second-order valence-corrected chi connectivity index (χ2v) is 5.76. The van der Waals surface area contributed by atoms with Crippen molar-refractivity contribution in [2.75, 3.05) is 5.32 Å². The van der Waals surface area contributed by atoms with Crippen molar-refractivity contribution in [3.63, 3.8) is 0 Å². The van der Waals surface area contributed by atoms with E-state index in [1.807, 2.05) is 29.9 Å². The van der Waals surface area contributed by atoms with E-state index in [2.05, 4.69) is 20.3 Å². The summed E-state index contributed by atoms with van der Waals surface area (Å²) in [5.74, 6) is 1.70. The van der Waals surface area contributed by atoms with Gasteiger partial charge in [0.25, 0.3) is 0 Å². The van der Waals surface area contributed by atoms with Gasteiger partial charge in [0.05, 0.1) is 0 Å². The first-order chi connectivity index (χ1) is 10.8. The molecule has 0 bridgehead atoms. The van der Waals surface area contributed by atoms with Crippen LogP contribution in [0.1, 0.15) is 25.7 Å². The highest BCUT2D eigenvalue weighted by Crippen LogP contribution is 2.27. The molecule has 1 aliphatic rings. The number of nitrogens with one attached hydrogen (secondary N) is 1. The molecule has 6 nitrogen and oxygen atoms in total. The largest absolute Gasteiger partial charge is 0.365 e. The molecule has 22 heavy (non-hydrogen) atoms. The van der Waals surface area contributed by atoms with Gasteiger partial charge in [-0.1, -0.05) is 12.8 Å². The molecule has 0 spiro atoms. The smallest absolute Gasteiger partial charge is 0.165 e. The molecule has 0 radical (unpaired) electrons. The molecule has 1 aliphatic carbocycles. The Labute approximate surface area is 128 Å². The van der Waals surface area contributed by atoms with Crippen LogP contribution >= 0.6 is 0 Å². The fourth-order valence-corrected chi connectivity index (χ4v) is 3.12. The monoisotopic (exact) mass is 294 g/mol. The van der Waals surface area contributed by atoms with Gasteiger partial charge in [0.15, 0.2) is 17.0 Å². The zero-order valence-electron chi connectivity index (χ0n) is 12.5. The lowest BCUT2D eigenvalue weighted by atomic mass is 10.2. The number of aromatic nitrogens is 5. The van der Waals surface area contributed by atoms with E-state index >= 15 is 0 Å². The van der Waals surface area contributed by atoms with E-state index in [1.165, 1.54) is 25.7 Å². The van der Waals surface area contributed by atoms with E-state index in [0.29, 0.717) is 6.04 Å². The van der Waals surface area contributed by atoms with Gasteiger partial charge in [-0.05, 0) is 25.0 Å². The van der Waals surface area contributed by atoms with Crippen LogP contribution in [0.2, 0.25) is 0 Å². The molecular weight excluding hydrogens is 276 g/mol. The van der Waals surface area contributed by atoms with Crippen molar-refractivity contribution in [2.45, 2.75) is 31.7 Å². The maximum Gasteiger partial charge on any atom is 0.165 e. The summed E-state index contributed by atoms with van der Waals surface area (Å²) < 4.78 is 1.99. The number of nitrogens with zero attached hydrogens (tertiary/aromatic N) is 5. The summed E-state index contributed by atoms with van der Waals surface area (Å²) >= 11 is 0. The van der Waals surface area contributed by atoms with Gasteiger partial charge in [-0.3, -0.25) is 4.98 Å². The lowest BCUT2D eigenvalue weighted by Gasteiger charge is -2.12. The van der Waals surface area contributed by atoms with Crippen molar-refractivity contribution in [2.24, 2.45) is 7.05 Å². The third-order valence-electron chi connectivity index (χ3n) is 4.27. The number of rotatable bonds is 3. The molecule has 0 saturated heterocycles. The van der Waals surface area contributed by atoms with Crippen molar-refractivity contribution in [1.82, 2.24) is 24.5 Å². The number of imidazole rings is 1. The second-order valence-electron chi connectivity index (χ2n) is 5.76. The topological polar surface area (TPSA) is 68.5 Å². The maximum absolute atomic E-state index is 4.76. The fourth-order valence-electron chi connectivity index (χ4n) is 3.12. The van der Waals surface area contributed by atoms with Crippen LogP contribution in [0, 0.1) is 0 Å². The molecule has 4 rings (SSSR count). The Kier molecular flexibility index (Phi) is 3.21. The average Bonchev–Trinajstić information content (AvgIpc) is 3.18. The summed E-state index contributed by atoms with van der Waals surface area (Å²) in [6, 6.07) is 4.42. The summed E-state index contributed by atoms with van der Waals surface area (Å²) in [4.78, 5) is 17.7. The van der Waals surface area contributed by atoms with E-state index in [-0.39, 0.29) is 0 Å². The van der Waals surface area contributed by atoms with Crippen molar-refractivity contribution < 1.29 is 0 Å². The van der Waals surface area contributed by atoms with Crippen LogP contribution < -0.4 is 5.32 Å². The van der Waals surface area contributed by atoms with Gasteiger partial charge in [0.2, 0.25) is 0 Å². The fraction of sp³-hybridized carbons (Fsp3) is 0.375. The molecule has 112 valence electrons. The summed E-state index contributed by atoms with van der Waals surface area (Å²) in [5, 5.41) is 3.53. The predicted octanol–water partition coefficient (Wildman–Crippen LogP) is 2.78. The highest BCUT2D eigenvalue weighted by atomic mass is 15.2. The summed E-state index contributed by atoms with van der Waals surface area (Å²) in [6.07, 6.45) is 10.2. The van der Waals surface area contributed by atoms with E-state index in [4.69, 9.17) is 4.98 Å². The highest BCUT2D eigenvalue weighted by molar-refractivity contribution is 5.86. The third-order valence-corrected chi connectivity index (χ3v) is 4.27. The van der Waals surface area contributed by atoms with Gasteiger partial charge in [0.1, 0.15) is 12.2 Å². The van der Waals surface area contributed by atoms with Crippen molar-refractivity contribution in [3.05, 3.63) is 30.9 Å². The number of fused-ring (bicyclic) bond motifs is 1. The van der Waals surface area contributed by atoms with Gasteiger partial charge in [-0.25, -0.2) is 15.0 Å². The Balaban J connectivity index is 1.80. The van der Waals surface area contributed by atoms with Crippen LogP contribution in [0.3, 0.4) is 0 Å². The van der Waals surface area contributed by atoms with E-state index in [0.717, 1.165) is 28.4 Å². The average molecular weight is 294 g/mol. The Hall–Kier alpha value is -2.50. The van der Waals surface area contributed by atoms with E-state index in [9.17, 15) is 0 Å². The second kappa shape index (κ2) is 5.36. The number of hydrogen-bond donors (Lipinski definition) is 1. The zero-order chi connectivity index (χ0) is 14.9. The lowest BCUT2D eigenvalue weighted by Crippen LogP contribution is -2.15. The van der Waals surface area contributed by atoms with Crippen molar-refractivity contribution in [1.29, 1.82) is 0 Å². The number of anilines is 1. The highest BCUT2D eigenvalue weighted by Gasteiger charge is 2.19. The first-order valence-corrected chi connectivity index (χ1v) is 7.67. The predicted molar refractivity (Wildman–Crippen MR) is 85.4 cm³/mol. The zero-order valence-corrected chi connectivity index (χ0v) is 12.5. The van der Waals surface area contributed by atoms with E-state index in [1.54, 1.807) is 12.5 Å². The van der Waals surface area contributed by atoms with Gasteiger partial charge in [-0.2, -0.15) is 0 Å². The van der Waals surface area contributed by atoms with Crippen LogP contribution in [0.15, 0.2) is 30.9 Å². The molecule has 6 heteroatoms. The molecular formula is C16H18N6. The third kappa shape index (κ3) is 2.20. The molecule has 0 amide bonds. The van der Waals surface area contributed by atoms with Gasteiger partial charge in [-0.15, -0.1) is 0 Å². The van der Waals surface area contributed by atoms with Crippen LogP contribution in [0.5, 0.6) is 0 Å². The van der Waals surface area contributed by atoms with Gasteiger partial charge < -0.3 is 9.88 Å². The molecule has 0 aromatic carbocycles. The standard InChI is InChI=1S/C16H18N6/c1-22-15(11-5-4-8-17-9-11)21-13-14(18-10-19-16(13)22)20-12-6-2-3-7-12/h4-5,8-10,12H,2-3,6-7H2,1H3,(H,18,19,20). The van der Waals surface area contributed by atoms with Crippen molar-refractivity contribution >= 4 is 17.0 Å². The SMILES string of the molecule is Cn1c(-c2cccnc2)nc2c(NC3CCCC3)ncnc21. The minimum atomic E-state index is 0.502. The summed E-state index contributed by atoms with van der Waals surface area (Å²) in [7, 11) is 1.98. The first kappa shape index (κ1) is 13.2. The first-order valence-electron chi connectivity index (χ1n) is 7.67. The molecule has 3 aromatic heterocycles. The molecule has 3 heterocycles. The maximum atomic E-state index is 4.76. The summed E-state index contributed by atoms with van der Waals surface area (Å²) in [6.45, 7) is 0. The Morgan fingerprint density at radius 1 is 1.23 bits per heavy atom. The van der Waals surface area contributed by atoms with E-state index < -0.39 is 0 Å². The van der Waals surface area contributed by atoms with Crippen molar-refractivity contribution in [3.8, 4) is 11.4 Å².